The third-order valence-corrected chi connectivity index (χ3v) is 4.78. The molecule has 0 fully saturated rings. The van der Waals surface area contributed by atoms with Gasteiger partial charge in [0.15, 0.2) is 0 Å². The Balaban J connectivity index is 2.14. The predicted molar refractivity (Wildman–Crippen MR) is 88.7 cm³/mol. The Kier molecular flexibility index (Phi) is 6.09. The van der Waals surface area contributed by atoms with Crippen LogP contribution in [0.25, 0.3) is 0 Å². The lowest BCUT2D eigenvalue weighted by Gasteiger charge is -2.14. The van der Waals surface area contributed by atoms with Crippen molar-refractivity contribution < 1.29 is 4.39 Å². The van der Waals surface area contributed by atoms with Crippen molar-refractivity contribution in [2.45, 2.75) is 36.1 Å². The number of rotatable bonds is 6. The molecule has 0 saturated heterocycles. The molecule has 0 aliphatic carbocycles. The fraction of sp³-hybridized carbons (Fsp3) is 0.294. The number of hydrogen-bond acceptors (Lipinski definition) is 2. The summed E-state index contributed by atoms with van der Waals surface area (Å²) >= 11 is 7.46. The molecule has 0 bridgehead atoms. The lowest BCUT2D eigenvalue weighted by Crippen LogP contribution is -2.19. The van der Waals surface area contributed by atoms with Crippen LogP contribution in [0.15, 0.2) is 52.3 Å². The van der Waals surface area contributed by atoms with Crippen LogP contribution in [0, 0.1) is 5.82 Å². The van der Waals surface area contributed by atoms with Crippen molar-refractivity contribution in [1.29, 1.82) is 0 Å². The van der Waals surface area contributed by atoms with E-state index in [1.807, 2.05) is 43.3 Å². The monoisotopic (exact) mass is 323 g/mol. The van der Waals surface area contributed by atoms with Gasteiger partial charge in [-0.25, -0.2) is 4.39 Å². The second-order valence-electron chi connectivity index (χ2n) is 4.90. The molecule has 0 radical (unpaired) electrons. The summed E-state index contributed by atoms with van der Waals surface area (Å²) in [5, 5.41) is 4.00. The largest absolute Gasteiger partial charge is 0.310 e. The van der Waals surface area contributed by atoms with E-state index in [1.165, 1.54) is 11.8 Å². The van der Waals surface area contributed by atoms with E-state index in [4.69, 9.17) is 11.6 Å². The van der Waals surface area contributed by atoms with Gasteiger partial charge in [0.2, 0.25) is 0 Å². The highest BCUT2D eigenvalue weighted by Gasteiger charge is 2.11. The van der Waals surface area contributed by atoms with E-state index in [-0.39, 0.29) is 11.9 Å². The van der Waals surface area contributed by atoms with Crippen molar-refractivity contribution in [3.63, 3.8) is 0 Å². The molecule has 0 heterocycles. The van der Waals surface area contributed by atoms with Gasteiger partial charge in [-0.05, 0) is 49.7 Å². The van der Waals surface area contributed by atoms with Crippen molar-refractivity contribution >= 4 is 23.4 Å². The first-order chi connectivity index (χ1) is 10.1. The molecule has 4 heteroatoms. The van der Waals surface area contributed by atoms with E-state index in [0.717, 1.165) is 23.4 Å². The number of nitrogens with one attached hydrogen (secondary N) is 1. The van der Waals surface area contributed by atoms with E-state index < -0.39 is 0 Å². The fourth-order valence-electron chi connectivity index (χ4n) is 1.99. The van der Waals surface area contributed by atoms with Gasteiger partial charge in [0, 0.05) is 15.8 Å². The Morgan fingerprint density at radius 2 is 1.95 bits per heavy atom. The molecule has 0 aromatic heterocycles. The van der Waals surface area contributed by atoms with E-state index in [2.05, 4.69) is 12.2 Å². The zero-order valence-corrected chi connectivity index (χ0v) is 13.8. The third-order valence-electron chi connectivity index (χ3n) is 3.21. The second kappa shape index (κ2) is 7.83. The van der Waals surface area contributed by atoms with Crippen molar-refractivity contribution in [3.8, 4) is 0 Å². The first-order valence-electron chi connectivity index (χ1n) is 7.07. The number of hydrogen-bond donors (Lipinski definition) is 1. The van der Waals surface area contributed by atoms with E-state index in [9.17, 15) is 4.39 Å². The van der Waals surface area contributed by atoms with Gasteiger partial charge >= 0.3 is 0 Å². The van der Waals surface area contributed by atoms with Crippen molar-refractivity contribution in [2.24, 2.45) is 0 Å². The topological polar surface area (TPSA) is 12.0 Å². The molecule has 2 aromatic carbocycles. The molecule has 21 heavy (non-hydrogen) atoms. The van der Waals surface area contributed by atoms with Crippen molar-refractivity contribution in [3.05, 3.63) is 58.9 Å². The summed E-state index contributed by atoms with van der Waals surface area (Å²) in [5.41, 5.74) is 0.962. The van der Waals surface area contributed by atoms with Crippen LogP contribution in [-0.4, -0.2) is 6.54 Å². The zero-order valence-electron chi connectivity index (χ0n) is 12.2. The third kappa shape index (κ3) is 4.47. The zero-order chi connectivity index (χ0) is 15.2. The minimum Gasteiger partial charge on any atom is -0.310 e. The summed E-state index contributed by atoms with van der Waals surface area (Å²) in [7, 11) is 0. The predicted octanol–water partition coefficient (Wildman–Crippen LogP) is 5.69. The summed E-state index contributed by atoms with van der Waals surface area (Å²) in [6.07, 6.45) is 1.06. The maximum absolute atomic E-state index is 14.3. The molecule has 0 saturated carbocycles. The highest BCUT2D eigenvalue weighted by atomic mass is 35.5. The molecule has 0 aliphatic rings. The summed E-state index contributed by atoms with van der Waals surface area (Å²) in [5.74, 6) is -0.206. The molecule has 1 atom stereocenters. The van der Waals surface area contributed by atoms with Crippen molar-refractivity contribution in [2.75, 3.05) is 6.54 Å². The number of halogens is 2. The van der Waals surface area contributed by atoms with Gasteiger partial charge in [-0.2, -0.15) is 0 Å². The van der Waals surface area contributed by atoms with Crippen LogP contribution in [-0.2, 0) is 0 Å². The normalized spacial score (nSPS) is 12.4. The lowest BCUT2D eigenvalue weighted by atomic mass is 10.1. The Morgan fingerprint density at radius 1 is 1.19 bits per heavy atom. The number of benzene rings is 2. The SMILES string of the molecule is CCCNC(C)c1ccc(Sc2ccccc2Cl)c(F)c1. The van der Waals surface area contributed by atoms with Gasteiger partial charge in [0.05, 0.1) is 5.02 Å². The Labute approximate surface area is 134 Å². The van der Waals surface area contributed by atoms with E-state index >= 15 is 0 Å². The average Bonchev–Trinajstić information content (AvgIpc) is 2.49. The van der Waals surface area contributed by atoms with Gasteiger partial charge in [0.1, 0.15) is 5.82 Å². The van der Waals surface area contributed by atoms with Crippen LogP contribution in [0.4, 0.5) is 4.39 Å². The Morgan fingerprint density at radius 3 is 2.62 bits per heavy atom. The van der Waals surface area contributed by atoms with Crippen LogP contribution < -0.4 is 5.32 Å². The smallest absolute Gasteiger partial charge is 0.137 e. The quantitative estimate of drug-likeness (QED) is 0.732. The molecule has 1 nitrogen and oxygen atoms in total. The Bertz CT molecular complexity index is 603. The molecule has 1 N–H and O–H groups in total. The Hall–Kier alpha value is -1.03. The minimum absolute atomic E-state index is 0.152. The van der Waals surface area contributed by atoms with Crippen LogP contribution in [0.3, 0.4) is 0 Å². The minimum atomic E-state index is -0.206. The summed E-state index contributed by atoms with van der Waals surface area (Å²) < 4.78 is 14.3. The second-order valence-corrected chi connectivity index (χ2v) is 6.39. The molecule has 2 aromatic rings. The van der Waals surface area contributed by atoms with Gasteiger partial charge in [-0.3, -0.25) is 0 Å². The molecule has 0 spiro atoms. The fourth-order valence-corrected chi connectivity index (χ4v) is 3.09. The summed E-state index contributed by atoms with van der Waals surface area (Å²) in [6.45, 7) is 5.09. The van der Waals surface area contributed by atoms with Gasteiger partial charge < -0.3 is 5.32 Å². The molecule has 2 rings (SSSR count). The van der Waals surface area contributed by atoms with Gasteiger partial charge in [-0.15, -0.1) is 0 Å². The molecular weight excluding hydrogens is 305 g/mol. The van der Waals surface area contributed by atoms with Crippen LogP contribution in [0.2, 0.25) is 5.02 Å². The van der Waals surface area contributed by atoms with Crippen molar-refractivity contribution in [1.82, 2.24) is 5.32 Å². The summed E-state index contributed by atoms with van der Waals surface area (Å²) in [6, 6.07) is 13.0. The first kappa shape index (κ1) is 16.3. The molecule has 0 amide bonds. The maximum Gasteiger partial charge on any atom is 0.137 e. The standard InChI is InChI=1S/C17H19ClFNS/c1-3-10-20-12(2)13-8-9-17(15(19)11-13)21-16-7-5-4-6-14(16)18/h4-9,11-12,20H,3,10H2,1-2H3. The molecular formula is C17H19ClFNS. The van der Waals surface area contributed by atoms with Crippen LogP contribution in [0.1, 0.15) is 31.9 Å². The van der Waals surface area contributed by atoms with Gasteiger partial charge in [-0.1, -0.05) is 48.5 Å². The molecule has 112 valence electrons. The van der Waals surface area contributed by atoms with Crippen LogP contribution >= 0.6 is 23.4 Å². The highest BCUT2D eigenvalue weighted by Crippen LogP contribution is 2.35. The maximum atomic E-state index is 14.3. The lowest BCUT2D eigenvalue weighted by molar-refractivity contribution is 0.556. The average molecular weight is 324 g/mol. The molecule has 0 aliphatic heterocycles. The highest BCUT2D eigenvalue weighted by molar-refractivity contribution is 7.99. The van der Waals surface area contributed by atoms with E-state index in [0.29, 0.717) is 9.92 Å². The first-order valence-corrected chi connectivity index (χ1v) is 8.26. The van der Waals surface area contributed by atoms with E-state index in [1.54, 1.807) is 6.07 Å². The van der Waals surface area contributed by atoms with Gasteiger partial charge in [0.25, 0.3) is 0 Å². The molecule has 1 unspecified atom stereocenters. The van der Waals surface area contributed by atoms with Crippen LogP contribution in [0.5, 0.6) is 0 Å². The summed E-state index contributed by atoms with van der Waals surface area (Å²) in [4.78, 5) is 1.46.